The smallest absolute Gasteiger partial charge is 0.237 e. The van der Waals surface area contributed by atoms with E-state index < -0.39 is 6.04 Å². The molecule has 0 spiro atoms. The Morgan fingerprint density at radius 3 is 3.15 bits per heavy atom. The van der Waals surface area contributed by atoms with Gasteiger partial charge in [0.25, 0.3) is 0 Å². The van der Waals surface area contributed by atoms with E-state index in [1.807, 2.05) is 23.9 Å². The fourth-order valence-electron chi connectivity index (χ4n) is 2.35. The summed E-state index contributed by atoms with van der Waals surface area (Å²) in [6, 6.07) is 7.88. The highest BCUT2D eigenvalue weighted by Crippen LogP contribution is 2.35. The van der Waals surface area contributed by atoms with Gasteiger partial charge in [-0.3, -0.25) is 4.79 Å². The molecule has 2 rings (SSSR count). The summed E-state index contributed by atoms with van der Waals surface area (Å²) in [6.45, 7) is 0.643. The van der Waals surface area contributed by atoms with E-state index in [9.17, 15) is 4.79 Å². The van der Waals surface area contributed by atoms with Gasteiger partial charge in [-0.15, -0.1) is 11.8 Å². The minimum atomic E-state index is -0.452. The number of thioether (sulfide) groups is 1. The van der Waals surface area contributed by atoms with Crippen LogP contribution in [-0.2, 0) is 9.53 Å². The van der Waals surface area contributed by atoms with Crippen molar-refractivity contribution in [3.8, 4) is 0 Å². The van der Waals surface area contributed by atoms with Gasteiger partial charge in [0.05, 0.1) is 12.1 Å². The molecule has 4 nitrogen and oxygen atoms in total. The molecule has 1 aliphatic heterocycles. The quantitative estimate of drug-likeness (QED) is 0.789. The maximum absolute atomic E-state index is 12.1. The number of nitrogens with one attached hydrogen (secondary N) is 1. The van der Waals surface area contributed by atoms with Crippen molar-refractivity contribution in [1.29, 1.82) is 0 Å². The molecule has 0 bridgehead atoms. The molecule has 1 amide bonds. The number of hydrogen-bond acceptors (Lipinski definition) is 4. The number of fused-ring (bicyclic) bond motifs is 1. The molecule has 0 saturated carbocycles. The summed E-state index contributed by atoms with van der Waals surface area (Å²) < 4.78 is 4.98. The van der Waals surface area contributed by atoms with Gasteiger partial charge >= 0.3 is 0 Å². The average Bonchev–Trinajstić information content (AvgIpc) is 2.47. The van der Waals surface area contributed by atoms with Crippen molar-refractivity contribution in [2.24, 2.45) is 5.73 Å². The number of rotatable bonds is 6. The minimum Gasteiger partial charge on any atom is -0.385 e. The molecule has 1 aliphatic rings. The zero-order valence-electron chi connectivity index (χ0n) is 11.8. The maximum Gasteiger partial charge on any atom is 0.237 e. The highest BCUT2D eigenvalue weighted by atomic mass is 32.2. The molecule has 0 saturated heterocycles. The molecule has 2 atom stereocenters. The van der Waals surface area contributed by atoms with Gasteiger partial charge in [-0.2, -0.15) is 0 Å². The number of carbonyl (C=O) groups excluding carboxylic acids is 1. The molecule has 1 heterocycles. The Morgan fingerprint density at radius 2 is 2.35 bits per heavy atom. The fourth-order valence-corrected chi connectivity index (χ4v) is 3.47. The Labute approximate surface area is 124 Å². The van der Waals surface area contributed by atoms with Gasteiger partial charge in [-0.1, -0.05) is 18.2 Å². The molecule has 110 valence electrons. The lowest BCUT2D eigenvalue weighted by molar-refractivity contribution is -0.123. The van der Waals surface area contributed by atoms with Crippen molar-refractivity contribution in [2.45, 2.75) is 36.2 Å². The van der Waals surface area contributed by atoms with E-state index in [-0.39, 0.29) is 11.9 Å². The molecule has 0 radical (unpaired) electrons. The first kappa shape index (κ1) is 15.4. The molecule has 0 aromatic heterocycles. The van der Waals surface area contributed by atoms with Gasteiger partial charge in [0, 0.05) is 24.4 Å². The summed E-state index contributed by atoms with van der Waals surface area (Å²) >= 11 is 1.85. The highest BCUT2D eigenvalue weighted by Gasteiger charge is 2.23. The molecule has 3 N–H and O–H groups in total. The third kappa shape index (κ3) is 3.98. The standard InChI is InChI=1S/C15H22N2O2S/c1-19-9-4-6-12(16)15(18)17-13-8-10-20-14-7-3-2-5-11(13)14/h2-3,5,7,12-13H,4,6,8-10,16H2,1H3,(H,17,18). The molecule has 0 aliphatic carbocycles. The van der Waals surface area contributed by atoms with Crippen LogP contribution in [0.2, 0.25) is 0 Å². The predicted octanol–water partition coefficient (Wildman–Crippen LogP) is 2.09. The summed E-state index contributed by atoms with van der Waals surface area (Å²) in [7, 11) is 1.65. The number of benzene rings is 1. The Hall–Kier alpha value is -1.04. The van der Waals surface area contributed by atoms with E-state index in [0.717, 1.165) is 18.6 Å². The molecular formula is C15H22N2O2S. The summed E-state index contributed by atoms with van der Waals surface area (Å²) in [6.07, 6.45) is 2.42. The lowest BCUT2D eigenvalue weighted by Crippen LogP contribution is -2.43. The number of carbonyl (C=O) groups is 1. The molecule has 5 heteroatoms. The third-order valence-corrected chi connectivity index (χ3v) is 4.60. The van der Waals surface area contributed by atoms with Gasteiger partial charge < -0.3 is 15.8 Å². The van der Waals surface area contributed by atoms with Gasteiger partial charge in [0.15, 0.2) is 0 Å². The average molecular weight is 294 g/mol. The lowest BCUT2D eigenvalue weighted by atomic mass is 10.0. The summed E-state index contributed by atoms with van der Waals surface area (Å²) in [4.78, 5) is 13.4. The van der Waals surface area contributed by atoms with Crippen molar-refractivity contribution in [3.63, 3.8) is 0 Å². The molecule has 2 unspecified atom stereocenters. The van der Waals surface area contributed by atoms with Crippen molar-refractivity contribution in [2.75, 3.05) is 19.5 Å². The lowest BCUT2D eigenvalue weighted by Gasteiger charge is -2.27. The zero-order chi connectivity index (χ0) is 14.4. The van der Waals surface area contributed by atoms with Crippen LogP contribution < -0.4 is 11.1 Å². The predicted molar refractivity (Wildman–Crippen MR) is 81.8 cm³/mol. The summed E-state index contributed by atoms with van der Waals surface area (Å²) in [5.74, 6) is 0.966. The first-order valence-electron chi connectivity index (χ1n) is 6.99. The van der Waals surface area contributed by atoms with Gasteiger partial charge in [-0.25, -0.2) is 0 Å². The first-order valence-corrected chi connectivity index (χ1v) is 7.97. The van der Waals surface area contributed by atoms with Gasteiger partial charge in [-0.05, 0) is 30.9 Å². The second-order valence-electron chi connectivity index (χ2n) is 4.98. The molecular weight excluding hydrogens is 272 g/mol. The normalized spacial score (nSPS) is 19.2. The fraction of sp³-hybridized carbons (Fsp3) is 0.533. The van der Waals surface area contributed by atoms with Crippen molar-refractivity contribution < 1.29 is 9.53 Å². The van der Waals surface area contributed by atoms with E-state index in [1.165, 1.54) is 10.5 Å². The van der Waals surface area contributed by atoms with Gasteiger partial charge in [0.1, 0.15) is 0 Å². The first-order chi connectivity index (χ1) is 9.72. The molecule has 1 aromatic rings. The Bertz CT molecular complexity index is 453. The number of hydrogen-bond donors (Lipinski definition) is 2. The number of methoxy groups -OCH3 is 1. The van der Waals surface area contributed by atoms with Crippen LogP contribution in [0, 0.1) is 0 Å². The van der Waals surface area contributed by atoms with Crippen molar-refractivity contribution >= 4 is 17.7 Å². The van der Waals surface area contributed by atoms with Crippen molar-refractivity contribution in [1.82, 2.24) is 5.32 Å². The van der Waals surface area contributed by atoms with Crippen LogP contribution in [-0.4, -0.2) is 31.4 Å². The Kier molecular flexibility index (Phi) is 5.88. The van der Waals surface area contributed by atoms with Crippen LogP contribution in [0.5, 0.6) is 0 Å². The second-order valence-corrected chi connectivity index (χ2v) is 6.11. The van der Waals surface area contributed by atoms with Gasteiger partial charge in [0.2, 0.25) is 5.91 Å². The highest BCUT2D eigenvalue weighted by molar-refractivity contribution is 7.99. The van der Waals surface area contributed by atoms with Crippen LogP contribution in [0.1, 0.15) is 30.9 Å². The topological polar surface area (TPSA) is 64.3 Å². The van der Waals surface area contributed by atoms with Crippen LogP contribution in [0.15, 0.2) is 29.2 Å². The maximum atomic E-state index is 12.1. The number of ether oxygens (including phenoxy) is 1. The SMILES string of the molecule is COCCCC(N)C(=O)NC1CCSc2ccccc21. The van der Waals surface area contributed by atoms with Crippen LogP contribution in [0.3, 0.4) is 0 Å². The molecule has 1 aromatic carbocycles. The summed E-state index contributed by atoms with van der Waals surface area (Å²) in [5, 5.41) is 3.08. The van der Waals surface area contributed by atoms with Crippen LogP contribution in [0.4, 0.5) is 0 Å². The zero-order valence-corrected chi connectivity index (χ0v) is 12.6. The summed E-state index contributed by atoms with van der Waals surface area (Å²) in [5.41, 5.74) is 7.13. The minimum absolute atomic E-state index is 0.0622. The van der Waals surface area contributed by atoms with E-state index in [4.69, 9.17) is 10.5 Å². The van der Waals surface area contributed by atoms with E-state index in [1.54, 1.807) is 7.11 Å². The third-order valence-electron chi connectivity index (χ3n) is 3.48. The monoisotopic (exact) mass is 294 g/mol. The largest absolute Gasteiger partial charge is 0.385 e. The second kappa shape index (κ2) is 7.67. The number of nitrogens with two attached hydrogens (primary N) is 1. The van der Waals surface area contributed by atoms with Crippen molar-refractivity contribution in [3.05, 3.63) is 29.8 Å². The van der Waals surface area contributed by atoms with E-state index in [2.05, 4.69) is 17.4 Å². The Balaban J connectivity index is 1.92. The van der Waals surface area contributed by atoms with Crippen LogP contribution in [0.25, 0.3) is 0 Å². The molecule has 0 fully saturated rings. The van der Waals surface area contributed by atoms with Crippen LogP contribution >= 0.6 is 11.8 Å². The Morgan fingerprint density at radius 1 is 1.55 bits per heavy atom. The molecule has 20 heavy (non-hydrogen) atoms. The number of amides is 1. The van der Waals surface area contributed by atoms with E-state index >= 15 is 0 Å². The van der Waals surface area contributed by atoms with E-state index in [0.29, 0.717) is 13.0 Å².